The standard InChI is InChI=1S/C17H27N3/c1-14-13-20(16-8-10-19(2)11-9-16)17(12-18-14)15-6-4-3-5-7-15/h3-7,14,16-18H,8-13H2,1-2H3. The first-order valence-corrected chi connectivity index (χ1v) is 7.96. The number of hydrogen-bond acceptors (Lipinski definition) is 3. The molecule has 0 radical (unpaired) electrons. The van der Waals surface area contributed by atoms with Gasteiger partial charge >= 0.3 is 0 Å². The first kappa shape index (κ1) is 14.1. The fourth-order valence-corrected chi connectivity index (χ4v) is 3.65. The van der Waals surface area contributed by atoms with Crippen molar-refractivity contribution in [3.8, 4) is 0 Å². The maximum atomic E-state index is 3.66. The van der Waals surface area contributed by atoms with Gasteiger partial charge < -0.3 is 10.2 Å². The maximum absolute atomic E-state index is 3.66. The van der Waals surface area contributed by atoms with Crippen molar-refractivity contribution in [2.24, 2.45) is 0 Å². The van der Waals surface area contributed by atoms with E-state index < -0.39 is 0 Å². The lowest BCUT2D eigenvalue weighted by Gasteiger charge is -2.46. The van der Waals surface area contributed by atoms with Crippen LogP contribution in [0.2, 0.25) is 0 Å². The summed E-state index contributed by atoms with van der Waals surface area (Å²) in [5.74, 6) is 0. The van der Waals surface area contributed by atoms with Gasteiger partial charge in [-0.05, 0) is 45.5 Å². The number of piperidine rings is 1. The summed E-state index contributed by atoms with van der Waals surface area (Å²) in [6, 6.07) is 12.9. The molecule has 2 heterocycles. The molecule has 1 aromatic carbocycles. The van der Waals surface area contributed by atoms with E-state index in [1.807, 2.05) is 0 Å². The summed E-state index contributed by atoms with van der Waals surface area (Å²) in [4.78, 5) is 5.23. The molecule has 0 saturated carbocycles. The van der Waals surface area contributed by atoms with Gasteiger partial charge in [0.05, 0.1) is 0 Å². The van der Waals surface area contributed by atoms with Crippen LogP contribution in [0.15, 0.2) is 30.3 Å². The van der Waals surface area contributed by atoms with E-state index in [0.29, 0.717) is 12.1 Å². The number of likely N-dealkylation sites (tertiary alicyclic amines) is 1. The normalized spacial score (nSPS) is 30.5. The molecule has 0 aromatic heterocycles. The van der Waals surface area contributed by atoms with E-state index in [9.17, 15) is 0 Å². The second-order valence-corrected chi connectivity index (χ2v) is 6.47. The third-order valence-corrected chi connectivity index (χ3v) is 4.89. The average Bonchev–Trinajstić information content (AvgIpc) is 2.49. The molecule has 1 aromatic rings. The summed E-state index contributed by atoms with van der Waals surface area (Å²) >= 11 is 0. The molecule has 0 bridgehead atoms. The Morgan fingerprint density at radius 2 is 1.80 bits per heavy atom. The smallest absolute Gasteiger partial charge is 0.0476 e. The van der Waals surface area contributed by atoms with Gasteiger partial charge in [-0.15, -0.1) is 0 Å². The molecule has 0 spiro atoms. The second-order valence-electron chi connectivity index (χ2n) is 6.47. The minimum Gasteiger partial charge on any atom is -0.311 e. The molecule has 3 nitrogen and oxygen atoms in total. The third-order valence-electron chi connectivity index (χ3n) is 4.89. The van der Waals surface area contributed by atoms with Gasteiger partial charge in [0.2, 0.25) is 0 Å². The van der Waals surface area contributed by atoms with Crippen LogP contribution < -0.4 is 5.32 Å². The molecule has 2 aliphatic rings. The molecule has 20 heavy (non-hydrogen) atoms. The van der Waals surface area contributed by atoms with Crippen molar-refractivity contribution in [2.45, 2.75) is 37.9 Å². The van der Waals surface area contributed by atoms with Crippen LogP contribution in [-0.4, -0.2) is 55.1 Å². The maximum Gasteiger partial charge on any atom is 0.0476 e. The Morgan fingerprint density at radius 3 is 2.50 bits per heavy atom. The van der Waals surface area contributed by atoms with Gasteiger partial charge in [0.25, 0.3) is 0 Å². The lowest BCUT2D eigenvalue weighted by Crippen LogP contribution is -2.56. The molecule has 2 saturated heterocycles. The Hall–Kier alpha value is -0.900. The fraction of sp³-hybridized carbons (Fsp3) is 0.647. The molecule has 110 valence electrons. The van der Waals surface area contributed by atoms with Crippen LogP contribution in [0.25, 0.3) is 0 Å². The molecule has 0 aliphatic carbocycles. The largest absolute Gasteiger partial charge is 0.311 e. The zero-order chi connectivity index (χ0) is 13.9. The van der Waals surface area contributed by atoms with Crippen LogP contribution in [0.3, 0.4) is 0 Å². The van der Waals surface area contributed by atoms with Crippen LogP contribution in [-0.2, 0) is 0 Å². The molecule has 2 fully saturated rings. The van der Waals surface area contributed by atoms with Gasteiger partial charge in [-0.2, -0.15) is 0 Å². The molecule has 2 aliphatic heterocycles. The summed E-state index contributed by atoms with van der Waals surface area (Å²) in [7, 11) is 2.24. The van der Waals surface area contributed by atoms with Gasteiger partial charge in [-0.1, -0.05) is 30.3 Å². The van der Waals surface area contributed by atoms with Crippen molar-refractivity contribution in [2.75, 3.05) is 33.2 Å². The number of benzene rings is 1. The van der Waals surface area contributed by atoms with Crippen molar-refractivity contribution in [1.29, 1.82) is 0 Å². The Morgan fingerprint density at radius 1 is 1.10 bits per heavy atom. The van der Waals surface area contributed by atoms with Crippen LogP contribution in [0.4, 0.5) is 0 Å². The fourth-order valence-electron chi connectivity index (χ4n) is 3.65. The lowest BCUT2D eigenvalue weighted by molar-refractivity contribution is 0.0494. The summed E-state index contributed by atoms with van der Waals surface area (Å²) in [5.41, 5.74) is 1.46. The molecule has 3 rings (SSSR count). The van der Waals surface area contributed by atoms with Crippen molar-refractivity contribution in [1.82, 2.24) is 15.1 Å². The number of rotatable bonds is 2. The van der Waals surface area contributed by atoms with E-state index in [1.54, 1.807) is 0 Å². The predicted molar refractivity (Wildman–Crippen MR) is 83.9 cm³/mol. The van der Waals surface area contributed by atoms with Gasteiger partial charge in [0.15, 0.2) is 0 Å². The minimum atomic E-state index is 0.542. The van der Waals surface area contributed by atoms with Crippen molar-refractivity contribution < 1.29 is 0 Å². The molecule has 2 atom stereocenters. The van der Waals surface area contributed by atoms with Crippen molar-refractivity contribution in [3.05, 3.63) is 35.9 Å². The third kappa shape index (κ3) is 3.05. The van der Waals surface area contributed by atoms with Gasteiger partial charge in [-0.3, -0.25) is 4.90 Å². The summed E-state index contributed by atoms with van der Waals surface area (Å²) in [5, 5.41) is 3.66. The Balaban J connectivity index is 1.77. The Labute approximate surface area is 123 Å². The average molecular weight is 273 g/mol. The van der Waals surface area contributed by atoms with Crippen LogP contribution >= 0.6 is 0 Å². The molecular formula is C17H27N3. The van der Waals surface area contributed by atoms with Crippen LogP contribution in [0, 0.1) is 0 Å². The highest BCUT2D eigenvalue weighted by atomic mass is 15.3. The van der Waals surface area contributed by atoms with Gasteiger partial charge in [0.1, 0.15) is 0 Å². The monoisotopic (exact) mass is 273 g/mol. The highest BCUT2D eigenvalue weighted by Gasteiger charge is 2.33. The second kappa shape index (κ2) is 6.25. The first-order valence-electron chi connectivity index (χ1n) is 7.96. The SMILES string of the molecule is CC1CN(C2CCN(C)CC2)C(c2ccccc2)CN1. The number of nitrogens with zero attached hydrogens (tertiary/aromatic N) is 2. The van der Waals surface area contributed by atoms with Crippen LogP contribution in [0.1, 0.15) is 31.4 Å². The highest BCUT2D eigenvalue weighted by Crippen LogP contribution is 2.29. The van der Waals surface area contributed by atoms with Crippen molar-refractivity contribution in [3.63, 3.8) is 0 Å². The van der Waals surface area contributed by atoms with Gasteiger partial charge in [0, 0.05) is 31.2 Å². The Kier molecular flexibility index (Phi) is 4.39. The van der Waals surface area contributed by atoms with E-state index >= 15 is 0 Å². The van der Waals surface area contributed by atoms with E-state index in [1.165, 1.54) is 38.0 Å². The number of nitrogens with one attached hydrogen (secondary N) is 1. The predicted octanol–water partition coefficient (Wildman–Crippen LogP) is 2.12. The lowest BCUT2D eigenvalue weighted by atomic mass is 9.95. The number of hydrogen-bond donors (Lipinski definition) is 1. The molecular weight excluding hydrogens is 246 g/mol. The molecule has 3 heteroatoms. The summed E-state index contributed by atoms with van der Waals surface area (Å²) < 4.78 is 0. The quantitative estimate of drug-likeness (QED) is 0.890. The highest BCUT2D eigenvalue weighted by molar-refractivity contribution is 5.20. The van der Waals surface area contributed by atoms with Gasteiger partial charge in [-0.25, -0.2) is 0 Å². The molecule has 2 unspecified atom stereocenters. The Bertz CT molecular complexity index is 412. The van der Waals surface area contributed by atoms with E-state index in [2.05, 4.69) is 59.4 Å². The zero-order valence-corrected chi connectivity index (χ0v) is 12.8. The number of piperazine rings is 1. The van der Waals surface area contributed by atoms with Crippen molar-refractivity contribution >= 4 is 0 Å². The topological polar surface area (TPSA) is 18.5 Å². The zero-order valence-electron chi connectivity index (χ0n) is 12.8. The summed E-state index contributed by atoms with van der Waals surface area (Å²) in [6.07, 6.45) is 2.62. The first-order chi connectivity index (χ1) is 9.74. The van der Waals surface area contributed by atoms with E-state index in [4.69, 9.17) is 0 Å². The van der Waals surface area contributed by atoms with E-state index in [0.717, 1.165) is 12.6 Å². The summed E-state index contributed by atoms with van der Waals surface area (Å²) in [6.45, 7) is 7.05. The van der Waals surface area contributed by atoms with E-state index in [-0.39, 0.29) is 0 Å². The minimum absolute atomic E-state index is 0.542. The van der Waals surface area contributed by atoms with Crippen LogP contribution in [0.5, 0.6) is 0 Å². The molecule has 1 N–H and O–H groups in total. The molecule has 0 amide bonds.